The summed E-state index contributed by atoms with van der Waals surface area (Å²) in [5.74, 6) is 0.753. The van der Waals surface area contributed by atoms with E-state index in [4.69, 9.17) is 9.26 Å². The van der Waals surface area contributed by atoms with Crippen molar-refractivity contribution >= 4 is 11.6 Å². The first-order valence-electron chi connectivity index (χ1n) is 8.92. The van der Waals surface area contributed by atoms with Crippen molar-refractivity contribution in [3.05, 3.63) is 70.1 Å². The number of benzene rings is 2. The molecule has 0 aliphatic heterocycles. The summed E-state index contributed by atoms with van der Waals surface area (Å²) in [6.45, 7) is 3.79. The third kappa shape index (κ3) is 4.57. The standard InChI is InChI=1S/C20H20N4O5/c1-12(2)17(21-19(25)14-7-4-8-15(10-14)24(26)27)20-22-18(23-29-20)13-6-5-9-16(11-13)28-3/h4-12,17H,1-3H3,(H,21,25). The largest absolute Gasteiger partial charge is 0.497 e. The zero-order valence-corrected chi connectivity index (χ0v) is 16.2. The maximum Gasteiger partial charge on any atom is 0.270 e. The Morgan fingerprint density at radius 2 is 1.97 bits per heavy atom. The molecule has 0 saturated heterocycles. The predicted octanol–water partition coefficient (Wildman–Crippen LogP) is 3.78. The summed E-state index contributed by atoms with van der Waals surface area (Å²) < 4.78 is 10.6. The fourth-order valence-corrected chi connectivity index (χ4v) is 2.74. The first-order valence-corrected chi connectivity index (χ1v) is 8.92. The molecule has 1 amide bonds. The van der Waals surface area contributed by atoms with Crippen molar-refractivity contribution in [1.29, 1.82) is 0 Å². The molecule has 0 aliphatic rings. The van der Waals surface area contributed by atoms with Gasteiger partial charge in [-0.15, -0.1) is 0 Å². The number of carbonyl (C=O) groups is 1. The molecule has 1 atom stereocenters. The van der Waals surface area contributed by atoms with E-state index in [1.54, 1.807) is 19.2 Å². The van der Waals surface area contributed by atoms with E-state index in [9.17, 15) is 14.9 Å². The molecule has 1 unspecified atom stereocenters. The van der Waals surface area contributed by atoms with Crippen LogP contribution in [-0.4, -0.2) is 28.1 Å². The second-order valence-corrected chi connectivity index (χ2v) is 6.69. The van der Waals surface area contributed by atoms with Crippen molar-refractivity contribution in [2.45, 2.75) is 19.9 Å². The zero-order chi connectivity index (χ0) is 21.0. The second kappa shape index (κ2) is 8.51. The number of methoxy groups -OCH3 is 1. The van der Waals surface area contributed by atoms with Gasteiger partial charge in [-0.2, -0.15) is 4.98 Å². The molecule has 0 spiro atoms. The quantitative estimate of drug-likeness (QED) is 0.476. The van der Waals surface area contributed by atoms with Crippen LogP contribution in [0.3, 0.4) is 0 Å². The molecule has 0 radical (unpaired) electrons. The van der Waals surface area contributed by atoms with Crippen LogP contribution < -0.4 is 10.1 Å². The van der Waals surface area contributed by atoms with Crippen molar-refractivity contribution < 1.29 is 19.0 Å². The minimum Gasteiger partial charge on any atom is -0.497 e. The highest BCUT2D eigenvalue weighted by molar-refractivity contribution is 5.95. The molecule has 9 heteroatoms. The molecule has 0 bridgehead atoms. The molecule has 9 nitrogen and oxygen atoms in total. The van der Waals surface area contributed by atoms with Gasteiger partial charge in [0, 0.05) is 23.3 Å². The number of nitro groups is 1. The lowest BCUT2D eigenvalue weighted by Gasteiger charge is -2.18. The average Bonchev–Trinajstić information content (AvgIpc) is 3.21. The van der Waals surface area contributed by atoms with Crippen LogP contribution in [0.2, 0.25) is 0 Å². The van der Waals surface area contributed by atoms with E-state index in [2.05, 4.69) is 15.5 Å². The number of hydrogen-bond donors (Lipinski definition) is 1. The second-order valence-electron chi connectivity index (χ2n) is 6.69. The van der Waals surface area contributed by atoms with Gasteiger partial charge in [-0.25, -0.2) is 0 Å². The van der Waals surface area contributed by atoms with Crippen LogP contribution in [0.5, 0.6) is 5.75 Å². The Bertz CT molecular complexity index is 1030. The summed E-state index contributed by atoms with van der Waals surface area (Å²) in [6.07, 6.45) is 0. The topological polar surface area (TPSA) is 120 Å². The van der Waals surface area contributed by atoms with E-state index in [0.29, 0.717) is 17.1 Å². The number of nitrogens with one attached hydrogen (secondary N) is 1. The van der Waals surface area contributed by atoms with E-state index in [1.807, 2.05) is 26.0 Å². The Kier molecular flexibility index (Phi) is 5.87. The van der Waals surface area contributed by atoms with E-state index >= 15 is 0 Å². The molecule has 0 aliphatic carbocycles. The highest BCUT2D eigenvalue weighted by Gasteiger charge is 2.26. The van der Waals surface area contributed by atoms with Crippen molar-refractivity contribution in [3.63, 3.8) is 0 Å². The van der Waals surface area contributed by atoms with Gasteiger partial charge in [0.25, 0.3) is 11.6 Å². The maximum atomic E-state index is 12.6. The van der Waals surface area contributed by atoms with Gasteiger partial charge in [0.15, 0.2) is 0 Å². The normalized spacial score (nSPS) is 11.9. The SMILES string of the molecule is COc1cccc(-c2noc(C(NC(=O)c3cccc([N+](=O)[O-])c3)C(C)C)n2)c1. The Morgan fingerprint density at radius 1 is 1.21 bits per heavy atom. The first kappa shape index (κ1) is 20.0. The van der Waals surface area contributed by atoms with Crippen molar-refractivity contribution in [1.82, 2.24) is 15.5 Å². The molecular formula is C20H20N4O5. The monoisotopic (exact) mass is 396 g/mol. The van der Waals surface area contributed by atoms with E-state index in [-0.39, 0.29) is 23.1 Å². The Hall–Kier alpha value is -3.75. The maximum absolute atomic E-state index is 12.6. The molecule has 29 heavy (non-hydrogen) atoms. The van der Waals surface area contributed by atoms with Crippen LogP contribution in [0, 0.1) is 16.0 Å². The van der Waals surface area contributed by atoms with Crippen LogP contribution >= 0.6 is 0 Å². The van der Waals surface area contributed by atoms with Crippen molar-refractivity contribution in [2.24, 2.45) is 5.92 Å². The summed E-state index contributed by atoms with van der Waals surface area (Å²) in [4.78, 5) is 27.4. The van der Waals surface area contributed by atoms with Gasteiger partial charge >= 0.3 is 0 Å². The van der Waals surface area contributed by atoms with Gasteiger partial charge in [-0.3, -0.25) is 14.9 Å². The highest BCUT2D eigenvalue weighted by Crippen LogP contribution is 2.26. The minimum absolute atomic E-state index is 0.0590. The van der Waals surface area contributed by atoms with Gasteiger partial charge in [0.1, 0.15) is 11.8 Å². The molecular weight excluding hydrogens is 376 g/mol. The van der Waals surface area contributed by atoms with Crippen LogP contribution in [0.15, 0.2) is 53.1 Å². The molecule has 3 rings (SSSR count). The smallest absolute Gasteiger partial charge is 0.270 e. The molecule has 3 aromatic rings. The van der Waals surface area contributed by atoms with Crippen LogP contribution in [0.4, 0.5) is 5.69 Å². The van der Waals surface area contributed by atoms with E-state index in [1.165, 1.54) is 24.3 Å². The van der Waals surface area contributed by atoms with E-state index < -0.39 is 16.9 Å². The Labute approximate surface area is 166 Å². The fraction of sp³-hybridized carbons (Fsp3) is 0.250. The number of rotatable bonds is 7. The molecule has 0 saturated carbocycles. The minimum atomic E-state index is -0.561. The number of carbonyl (C=O) groups excluding carboxylic acids is 1. The summed E-state index contributed by atoms with van der Waals surface area (Å²) in [7, 11) is 1.57. The third-order valence-electron chi connectivity index (χ3n) is 4.31. The summed E-state index contributed by atoms with van der Waals surface area (Å²) in [5, 5.41) is 17.8. The number of hydrogen-bond acceptors (Lipinski definition) is 7. The predicted molar refractivity (Wildman–Crippen MR) is 104 cm³/mol. The third-order valence-corrected chi connectivity index (χ3v) is 4.31. The van der Waals surface area contributed by atoms with Gasteiger partial charge in [-0.1, -0.05) is 37.2 Å². The Balaban J connectivity index is 1.83. The number of nitro benzene ring substituents is 1. The number of ether oxygens (including phenoxy) is 1. The van der Waals surface area contributed by atoms with Crippen molar-refractivity contribution in [2.75, 3.05) is 7.11 Å². The van der Waals surface area contributed by atoms with Crippen LogP contribution in [0.1, 0.15) is 36.1 Å². The molecule has 2 aromatic carbocycles. The zero-order valence-electron chi connectivity index (χ0n) is 16.2. The Morgan fingerprint density at radius 3 is 2.66 bits per heavy atom. The fourth-order valence-electron chi connectivity index (χ4n) is 2.74. The molecule has 1 heterocycles. The summed E-state index contributed by atoms with van der Waals surface area (Å²) in [6, 6.07) is 12.2. The van der Waals surface area contributed by atoms with Gasteiger partial charge in [-0.05, 0) is 24.1 Å². The number of aromatic nitrogens is 2. The molecule has 1 aromatic heterocycles. The van der Waals surface area contributed by atoms with Crippen molar-refractivity contribution in [3.8, 4) is 17.1 Å². The van der Waals surface area contributed by atoms with Crippen LogP contribution in [0.25, 0.3) is 11.4 Å². The molecule has 1 N–H and O–H groups in total. The number of nitrogens with zero attached hydrogens (tertiary/aromatic N) is 3. The lowest BCUT2D eigenvalue weighted by atomic mass is 10.0. The van der Waals surface area contributed by atoms with Gasteiger partial charge < -0.3 is 14.6 Å². The molecule has 0 fully saturated rings. The molecule has 150 valence electrons. The summed E-state index contributed by atoms with van der Waals surface area (Å²) in [5.41, 5.74) is 0.737. The van der Waals surface area contributed by atoms with Gasteiger partial charge in [0.2, 0.25) is 11.7 Å². The highest BCUT2D eigenvalue weighted by atomic mass is 16.6. The van der Waals surface area contributed by atoms with Crippen LogP contribution in [-0.2, 0) is 0 Å². The summed E-state index contributed by atoms with van der Waals surface area (Å²) >= 11 is 0. The number of non-ortho nitro benzene ring substituents is 1. The van der Waals surface area contributed by atoms with E-state index in [0.717, 1.165) is 0 Å². The average molecular weight is 396 g/mol. The number of amides is 1. The van der Waals surface area contributed by atoms with Gasteiger partial charge in [0.05, 0.1) is 12.0 Å². The lowest BCUT2D eigenvalue weighted by Crippen LogP contribution is -2.32. The first-order chi connectivity index (χ1) is 13.9. The lowest BCUT2D eigenvalue weighted by molar-refractivity contribution is -0.384.